The maximum absolute atomic E-state index is 6.04. The summed E-state index contributed by atoms with van der Waals surface area (Å²) in [5.74, 6) is 0. The third-order valence-corrected chi connectivity index (χ3v) is 3.93. The lowest BCUT2D eigenvalue weighted by atomic mass is 9.99. The number of likely N-dealkylation sites (N-methyl/N-ethyl adjacent to an activating group) is 1. The molecule has 0 saturated heterocycles. The van der Waals surface area contributed by atoms with Gasteiger partial charge in [-0.3, -0.25) is 0 Å². The molecule has 0 aliphatic carbocycles. The van der Waals surface area contributed by atoms with Crippen LogP contribution in [0.25, 0.3) is 0 Å². The van der Waals surface area contributed by atoms with Gasteiger partial charge in [-0.2, -0.15) is 0 Å². The average Bonchev–Trinajstić information content (AvgIpc) is 2.41. The van der Waals surface area contributed by atoms with Gasteiger partial charge in [0.1, 0.15) is 0 Å². The zero-order valence-corrected chi connectivity index (χ0v) is 13.0. The number of halogens is 1. The summed E-state index contributed by atoms with van der Waals surface area (Å²) in [5.41, 5.74) is 10.8. The van der Waals surface area contributed by atoms with E-state index in [9.17, 15) is 0 Å². The molecule has 2 rings (SSSR count). The van der Waals surface area contributed by atoms with Crippen LogP contribution in [-0.2, 0) is 0 Å². The van der Waals surface area contributed by atoms with E-state index in [4.69, 9.17) is 17.3 Å². The monoisotopic (exact) mass is 288 g/mol. The molecule has 0 spiro atoms. The molecule has 0 saturated carbocycles. The molecule has 0 aromatic heterocycles. The molecule has 2 nitrogen and oxygen atoms in total. The van der Waals surface area contributed by atoms with Crippen molar-refractivity contribution in [2.45, 2.75) is 19.9 Å². The number of benzene rings is 2. The molecule has 0 radical (unpaired) electrons. The van der Waals surface area contributed by atoms with Crippen LogP contribution in [-0.4, -0.2) is 13.6 Å². The van der Waals surface area contributed by atoms with Crippen molar-refractivity contribution in [3.05, 3.63) is 64.2 Å². The van der Waals surface area contributed by atoms with E-state index in [-0.39, 0.29) is 6.04 Å². The van der Waals surface area contributed by atoms with Gasteiger partial charge in [-0.15, -0.1) is 0 Å². The van der Waals surface area contributed by atoms with Crippen LogP contribution in [0.3, 0.4) is 0 Å². The molecule has 106 valence electrons. The van der Waals surface area contributed by atoms with Gasteiger partial charge in [-0.1, -0.05) is 29.8 Å². The van der Waals surface area contributed by atoms with E-state index in [1.54, 1.807) is 0 Å². The Kier molecular flexibility index (Phi) is 4.69. The van der Waals surface area contributed by atoms with Crippen LogP contribution in [0.5, 0.6) is 0 Å². The Hall–Kier alpha value is -1.51. The first kappa shape index (κ1) is 14.9. The lowest BCUT2D eigenvalue weighted by molar-refractivity contribution is 0.676. The van der Waals surface area contributed by atoms with Crippen LogP contribution in [0.1, 0.15) is 22.7 Å². The summed E-state index contributed by atoms with van der Waals surface area (Å²) >= 11 is 6.04. The highest BCUT2D eigenvalue weighted by atomic mass is 35.5. The van der Waals surface area contributed by atoms with Gasteiger partial charge in [0, 0.05) is 24.3 Å². The highest BCUT2D eigenvalue weighted by Crippen LogP contribution is 2.28. The third-order valence-electron chi connectivity index (χ3n) is 3.69. The van der Waals surface area contributed by atoms with Crippen molar-refractivity contribution in [1.82, 2.24) is 0 Å². The van der Waals surface area contributed by atoms with Crippen LogP contribution >= 0.6 is 11.6 Å². The first-order valence-corrected chi connectivity index (χ1v) is 7.16. The number of anilines is 1. The normalized spacial score (nSPS) is 12.2. The largest absolute Gasteiger partial charge is 0.366 e. The molecule has 0 fully saturated rings. The molecule has 0 amide bonds. The van der Waals surface area contributed by atoms with Gasteiger partial charge >= 0.3 is 0 Å². The molecule has 0 bridgehead atoms. The van der Waals surface area contributed by atoms with Crippen molar-refractivity contribution in [2.75, 3.05) is 18.5 Å². The summed E-state index contributed by atoms with van der Waals surface area (Å²) in [6, 6.07) is 14.6. The molecular weight excluding hydrogens is 268 g/mol. The highest BCUT2D eigenvalue weighted by Gasteiger charge is 2.18. The van der Waals surface area contributed by atoms with Crippen molar-refractivity contribution in [2.24, 2.45) is 5.73 Å². The van der Waals surface area contributed by atoms with Gasteiger partial charge in [0.15, 0.2) is 0 Å². The van der Waals surface area contributed by atoms with E-state index in [2.05, 4.69) is 56.1 Å². The number of hydrogen-bond acceptors (Lipinski definition) is 2. The average molecular weight is 289 g/mol. The van der Waals surface area contributed by atoms with Crippen molar-refractivity contribution >= 4 is 17.3 Å². The van der Waals surface area contributed by atoms with E-state index in [0.29, 0.717) is 6.54 Å². The predicted octanol–water partition coefficient (Wildman–Crippen LogP) is 4.09. The minimum absolute atomic E-state index is 0.147. The Morgan fingerprint density at radius 2 is 1.90 bits per heavy atom. The maximum Gasteiger partial charge on any atom is 0.0664 e. The minimum atomic E-state index is 0.147. The number of aryl methyl sites for hydroxylation is 2. The van der Waals surface area contributed by atoms with Crippen molar-refractivity contribution < 1.29 is 0 Å². The molecule has 3 heteroatoms. The van der Waals surface area contributed by atoms with Crippen LogP contribution < -0.4 is 10.6 Å². The molecule has 2 aromatic carbocycles. The Morgan fingerprint density at radius 1 is 1.15 bits per heavy atom. The van der Waals surface area contributed by atoms with Gasteiger partial charge < -0.3 is 10.6 Å². The number of hydrogen-bond donors (Lipinski definition) is 1. The molecule has 2 aromatic rings. The van der Waals surface area contributed by atoms with E-state index in [1.807, 2.05) is 12.1 Å². The molecule has 1 atom stereocenters. The molecule has 1 unspecified atom stereocenters. The predicted molar refractivity (Wildman–Crippen MR) is 87.6 cm³/mol. The van der Waals surface area contributed by atoms with E-state index >= 15 is 0 Å². The van der Waals surface area contributed by atoms with Crippen molar-refractivity contribution in [3.8, 4) is 0 Å². The number of nitrogens with two attached hydrogens (primary N) is 1. The molecule has 0 heterocycles. The fourth-order valence-electron chi connectivity index (χ4n) is 2.53. The van der Waals surface area contributed by atoms with Gasteiger partial charge in [-0.05, 0) is 54.8 Å². The van der Waals surface area contributed by atoms with Crippen molar-refractivity contribution in [3.63, 3.8) is 0 Å². The number of nitrogens with zero attached hydrogens (tertiary/aromatic N) is 1. The lowest BCUT2D eigenvalue weighted by Crippen LogP contribution is -2.31. The zero-order chi connectivity index (χ0) is 14.7. The van der Waals surface area contributed by atoms with Crippen LogP contribution in [0.2, 0.25) is 5.02 Å². The Balaban J connectivity index is 2.36. The van der Waals surface area contributed by atoms with Gasteiger partial charge in [-0.25, -0.2) is 0 Å². The summed E-state index contributed by atoms with van der Waals surface area (Å²) in [7, 11) is 2.08. The summed E-state index contributed by atoms with van der Waals surface area (Å²) in [6.07, 6.45) is 0. The topological polar surface area (TPSA) is 29.3 Å². The number of rotatable bonds is 4. The summed E-state index contributed by atoms with van der Waals surface area (Å²) in [5, 5.41) is 0.764. The minimum Gasteiger partial charge on any atom is -0.366 e. The van der Waals surface area contributed by atoms with Crippen LogP contribution in [0.15, 0.2) is 42.5 Å². The lowest BCUT2D eigenvalue weighted by Gasteiger charge is -2.31. The van der Waals surface area contributed by atoms with Crippen LogP contribution in [0, 0.1) is 13.8 Å². The second kappa shape index (κ2) is 6.29. The second-order valence-electron chi connectivity index (χ2n) is 5.20. The van der Waals surface area contributed by atoms with E-state index < -0.39 is 0 Å². The summed E-state index contributed by atoms with van der Waals surface area (Å²) < 4.78 is 0. The fourth-order valence-corrected chi connectivity index (χ4v) is 2.76. The smallest absolute Gasteiger partial charge is 0.0664 e. The highest BCUT2D eigenvalue weighted by molar-refractivity contribution is 6.30. The van der Waals surface area contributed by atoms with E-state index in [1.165, 1.54) is 22.4 Å². The van der Waals surface area contributed by atoms with Gasteiger partial charge in [0.2, 0.25) is 0 Å². The molecule has 20 heavy (non-hydrogen) atoms. The third kappa shape index (κ3) is 3.14. The van der Waals surface area contributed by atoms with E-state index in [0.717, 1.165) is 5.02 Å². The molecule has 0 aliphatic rings. The van der Waals surface area contributed by atoms with Gasteiger partial charge in [0.25, 0.3) is 0 Å². The second-order valence-corrected chi connectivity index (χ2v) is 5.64. The Morgan fingerprint density at radius 3 is 2.50 bits per heavy atom. The van der Waals surface area contributed by atoms with Crippen LogP contribution in [0.4, 0.5) is 5.69 Å². The zero-order valence-electron chi connectivity index (χ0n) is 12.2. The SMILES string of the molecule is Cc1cccc(N(C)C(CN)c2ccc(Cl)cc2C)c1. The van der Waals surface area contributed by atoms with Crippen molar-refractivity contribution in [1.29, 1.82) is 0 Å². The molecule has 2 N–H and O–H groups in total. The summed E-state index contributed by atoms with van der Waals surface area (Å²) in [6.45, 7) is 4.74. The maximum atomic E-state index is 6.04. The Labute approximate surface area is 126 Å². The molecule has 0 aliphatic heterocycles. The Bertz CT molecular complexity index is 595. The quantitative estimate of drug-likeness (QED) is 0.918. The standard InChI is InChI=1S/C17H21ClN2/c1-12-5-4-6-15(9-12)20(3)17(11-19)16-8-7-14(18)10-13(16)2/h4-10,17H,11,19H2,1-3H3. The fraction of sp³-hybridized carbons (Fsp3) is 0.294. The van der Waals surface area contributed by atoms with Gasteiger partial charge in [0.05, 0.1) is 6.04 Å². The first-order valence-electron chi connectivity index (χ1n) is 6.78. The summed E-state index contributed by atoms with van der Waals surface area (Å²) in [4.78, 5) is 2.23. The molecular formula is C17H21ClN2. The first-order chi connectivity index (χ1) is 9.52.